The van der Waals surface area contributed by atoms with E-state index in [2.05, 4.69) is 0 Å². The smallest absolute Gasteiger partial charge is 0.303 e. The predicted molar refractivity (Wildman–Crippen MR) is 65.8 cm³/mol. The van der Waals surface area contributed by atoms with E-state index in [0.717, 1.165) is 51.6 Å². The number of carbonyl (C=O) groups is 2. The molecule has 1 rings (SSSR count). The fraction of sp³-hybridized carbons (Fsp3) is 0.846. The molecule has 0 radical (unpaired) electrons. The quantitative estimate of drug-likeness (QED) is 0.696. The molecule has 1 amide bonds. The Bertz CT molecular complexity index is 253. The van der Waals surface area contributed by atoms with Gasteiger partial charge in [0.25, 0.3) is 0 Å². The molecular weight excluding hydrogens is 218 g/mol. The second-order valence-electron chi connectivity index (χ2n) is 4.75. The van der Waals surface area contributed by atoms with Crippen LogP contribution in [0.2, 0.25) is 0 Å². The third-order valence-corrected chi connectivity index (χ3v) is 3.24. The fourth-order valence-electron chi connectivity index (χ4n) is 2.21. The number of carboxylic acid groups (broad SMARTS) is 1. The van der Waals surface area contributed by atoms with Crippen molar-refractivity contribution >= 4 is 11.9 Å². The highest BCUT2D eigenvalue weighted by molar-refractivity contribution is 5.76. The van der Waals surface area contributed by atoms with Crippen LogP contribution in [-0.2, 0) is 9.59 Å². The zero-order chi connectivity index (χ0) is 12.5. The van der Waals surface area contributed by atoms with Crippen LogP contribution in [0.1, 0.15) is 57.8 Å². The molecule has 1 aliphatic heterocycles. The Labute approximate surface area is 103 Å². The number of hydrogen-bond acceptors (Lipinski definition) is 2. The minimum Gasteiger partial charge on any atom is -0.481 e. The largest absolute Gasteiger partial charge is 0.481 e. The van der Waals surface area contributed by atoms with Gasteiger partial charge in [-0.15, -0.1) is 0 Å². The summed E-state index contributed by atoms with van der Waals surface area (Å²) in [5.74, 6) is -0.416. The van der Waals surface area contributed by atoms with E-state index in [1.54, 1.807) is 0 Å². The van der Waals surface area contributed by atoms with Crippen LogP contribution in [-0.4, -0.2) is 35.0 Å². The second-order valence-corrected chi connectivity index (χ2v) is 4.75. The molecule has 4 nitrogen and oxygen atoms in total. The standard InChI is InChI=1S/C13H23NO3/c15-12-8-4-3-7-11-14(12)10-6-2-1-5-9-13(16)17/h1-11H2,(H,16,17). The molecule has 0 aromatic heterocycles. The molecule has 0 aliphatic carbocycles. The maximum absolute atomic E-state index is 11.7. The number of carboxylic acids is 1. The summed E-state index contributed by atoms with van der Waals surface area (Å²) in [7, 11) is 0. The molecule has 0 saturated carbocycles. The van der Waals surface area contributed by atoms with E-state index in [1.807, 2.05) is 4.90 Å². The molecule has 1 saturated heterocycles. The van der Waals surface area contributed by atoms with Crippen molar-refractivity contribution < 1.29 is 14.7 Å². The summed E-state index contributed by atoms with van der Waals surface area (Å²) < 4.78 is 0. The summed E-state index contributed by atoms with van der Waals surface area (Å²) in [5, 5.41) is 8.49. The van der Waals surface area contributed by atoms with Gasteiger partial charge in [0.15, 0.2) is 0 Å². The first-order valence-corrected chi connectivity index (χ1v) is 6.70. The molecule has 1 aliphatic rings. The van der Waals surface area contributed by atoms with Crippen LogP contribution in [0.25, 0.3) is 0 Å². The monoisotopic (exact) mass is 241 g/mol. The van der Waals surface area contributed by atoms with Crippen molar-refractivity contribution in [2.45, 2.75) is 57.8 Å². The van der Waals surface area contributed by atoms with E-state index in [4.69, 9.17) is 5.11 Å². The van der Waals surface area contributed by atoms with Gasteiger partial charge >= 0.3 is 5.97 Å². The van der Waals surface area contributed by atoms with E-state index < -0.39 is 5.97 Å². The van der Waals surface area contributed by atoms with Crippen LogP contribution in [0.4, 0.5) is 0 Å². The average Bonchev–Trinajstić information content (AvgIpc) is 2.48. The van der Waals surface area contributed by atoms with Crippen LogP contribution in [0.3, 0.4) is 0 Å². The predicted octanol–water partition coefficient (Wildman–Crippen LogP) is 2.42. The molecule has 0 bridgehead atoms. The number of likely N-dealkylation sites (tertiary alicyclic amines) is 1. The summed E-state index contributed by atoms with van der Waals surface area (Å²) >= 11 is 0. The normalized spacial score (nSPS) is 16.9. The maximum Gasteiger partial charge on any atom is 0.303 e. The van der Waals surface area contributed by atoms with Crippen molar-refractivity contribution in [3.05, 3.63) is 0 Å². The molecule has 98 valence electrons. The van der Waals surface area contributed by atoms with Crippen molar-refractivity contribution in [2.24, 2.45) is 0 Å². The molecular formula is C13H23NO3. The summed E-state index contributed by atoms with van der Waals surface area (Å²) in [4.78, 5) is 24.0. The SMILES string of the molecule is O=C(O)CCCCCCN1CCCCCC1=O. The Morgan fingerprint density at radius 1 is 1.12 bits per heavy atom. The fourth-order valence-corrected chi connectivity index (χ4v) is 2.21. The lowest BCUT2D eigenvalue weighted by Crippen LogP contribution is -2.31. The molecule has 0 spiro atoms. The van der Waals surface area contributed by atoms with E-state index in [1.165, 1.54) is 6.42 Å². The van der Waals surface area contributed by atoms with Gasteiger partial charge in [-0.1, -0.05) is 19.3 Å². The zero-order valence-corrected chi connectivity index (χ0v) is 10.5. The molecule has 1 heterocycles. The Hall–Kier alpha value is -1.06. The van der Waals surface area contributed by atoms with Crippen LogP contribution in [0.15, 0.2) is 0 Å². The first kappa shape index (κ1) is 14.0. The Morgan fingerprint density at radius 2 is 1.88 bits per heavy atom. The Morgan fingerprint density at radius 3 is 2.65 bits per heavy atom. The number of nitrogens with zero attached hydrogens (tertiary/aromatic N) is 1. The van der Waals surface area contributed by atoms with Crippen LogP contribution < -0.4 is 0 Å². The van der Waals surface area contributed by atoms with Crippen molar-refractivity contribution in [1.29, 1.82) is 0 Å². The van der Waals surface area contributed by atoms with E-state index in [9.17, 15) is 9.59 Å². The van der Waals surface area contributed by atoms with Gasteiger partial charge in [0.2, 0.25) is 5.91 Å². The van der Waals surface area contributed by atoms with E-state index in [0.29, 0.717) is 12.3 Å². The van der Waals surface area contributed by atoms with Gasteiger partial charge in [-0.25, -0.2) is 0 Å². The third kappa shape index (κ3) is 6.29. The van der Waals surface area contributed by atoms with E-state index >= 15 is 0 Å². The third-order valence-electron chi connectivity index (χ3n) is 3.24. The average molecular weight is 241 g/mol. The van der Waals surface area contributed by atoms with Crippen LogP contribution >= 0.6 is 0 Å². The number of aliphatic carboxylic acids is 1. The summed E-state index contributed by atoms with van der Waals surface area (Å²) in [6.45, 7) is 1.76. The highest BCUT2D eigenvalue weighted by Gasteiger charge is 2.15. The lowest BCUT2D eigenvalue weighted by atomic mass is 10.1. The molecule has 0 aromatic rings. The van der Waals surface area contributed by atoms with Crippen molar-refractivity contribution in [3.63, 3.8) is 0 Å². The Kier molecular flexibility index (Phi) is 6.67. The van der Waals surface area contributed by atoms with Gasteiger partial charge in [-0.3, -0.25) is 9.59 Å². The molecule has 0 aromatic carbocycles. The summed E-state index contributed by atoms with van der Waals surface area (Å²) in [6.07, 6.45) is 8.04. The lowest BCUT2D eigenvalue weighted by molar-refractivity contribution is -0.137. The minimum atomic E-state index is -0.715. The van der Waals surface area contributed by atoms with Crippen molar-refractivity contribution in [1.82, 2.24) is 4.90 Å². The topological polar surface area (TPSA) is 57.6 Å². The van der Waals surface area contributed by atoms with Gasteiger partial charge in [-0.2, -0.15) is 0 Å². The minimum absolute atomic E-state index is 0.267. The lowest BCUT2D eigenvalue weighted by Gasteiger charge is -2.20. The van der Waals surface area contributed by atoms with Gasteiger partial charge in [-0.05, 0) is 25.7 Å². The van der Waals surface area contributed by atoms with Gasteiger partial charge in [0.05, 0.1) is 0 Å². The van der Waals surface area contributed by atoms with Gasteiger partial charge in [0.1, 0.15) is 0 Å². The second kappa shape index (κ2) is 8.09. The molecule has 0 atom stereocenters. The highest BCUT2D eigenvalue weighted by atomic mass is 16.4. The van der Waals surface area contributed by atoms with Gasteiger partial charge in [0, 0.05) is 25.9 Å². The maximum atomic E-state index is 11.7. The molecule has 17 heavy (non-hydrogen) atoms. The summed E-state index contributed by atoms with van der Waals surface area (Å²) in [5.41, 5.74) is 0. The molecule has 4 heteroatoms. The molecule has 1 N–H and O–H groups in total. The van der Waals surface area contributed by atoms with Gasteiger partial charge < -0.3 is 10.0 Å². The number of carbonyl (C=O) groups excluding carboxylic acids is 1. The number of rotatable bonds is 7. The van der Waals surface area contributed by atoms with Crippen LogP contribution in [0, 0.1) is 0 Å². The van der Waals surface area contributed by atoms with Crippen LogP contribution in [0.5, 0.6) is 0 Å². The number of amides is 1. The number of unbranched alkanes of at least 4 members (excludes halogenated alkanes) is 3. The van der Waals surface area contributed by atoms with Crippen molar-refractivity contribution in [2.75, 3.05) is 13.1 Å². The highest BCUT2D eigenvalue weighted by Crippen LogP contribution is 2.12. The van der Waals surface area contributed by atoms with E-state index in [-0.39, 0.29) is 6.42 Å². The molecule has 1 fully saturated rings. The Balaban J connectivity index is 2.04. The zero-order valence-electron chi connectivity index (χ0n) is 10.5. The number of hydrogen-bond donors (Lipinski definition) is 1. The first-order chi connectivity index (χ1) is 8.20. The first-order valence-electron chi connectivity index (χ1n) is 6.70. The van der Waals surface area contributed by atoms with Crippen molar-refractivity contribution in [3.8, 4) is 0 Å². The molecule has 0 unspecified atom stereocenters. The summed E-state index contributed by atoms with van der Waals surface area (Å²) in [6, 6.07) is 0.